The van der Waals surface area contributed by atoms with Gasteiger partial charge in [0, 0.05) is 73.7 Å². The number of phenolic OH excluding ortho intramolecular Hbond substituents is 3. The molecule has 0 radical (unpaired) electrons. The number of rotatable bonds is 7. The Bertz CT molecular complexity index is 3570. The molecule has 2 saturated carbocycles. The van der Waals surface area contributed by atoms with E-state index in [1.54, 1.807) is 18.2 Å². The fraction of sp³-hybridized carbons (Fsp3) is 0.459. The Kier molecular flexibility index (Phi) is 19.3. The number of aryl methyl sites for hydroxylation is 1. The van der Waals surface area contributed by atoms with Crippen molar-refractivity contribution in [1.29, 1.82) is 0 Å². The summed E-state index contributed by atoms with van der Waals surface area (Å²) >= 11 is 0. The van der Waals surface area contributed by atoms with Crippen molar-refractivity contribution in [2.75, 3.05) is 32.1 Å². The molecule has 13 heteroatoms. The Hall–Kier alpha value is -7.34. The van der Waals surface area contributed by atoms with Gasteiger partial charge < -0.3 is 56.3 Å². The number of Topliss-reactive ketones (excluding diaryl/α,β-unsaturated/α-hetero) is 2. The molecule has 1 aromatic heterocycles. The van der Waals surface area contributed by atoms with Crippen LogP contribution in [0.15, 0.2) is 127 Å². The highest BCUT2D eigenvalue weighted by molar-refractivity contribution is 6.06. The van der Waals surface area contributed by atoms with Gasteiger partial charge in [0.1, 0.15) is 17.3 Å². The Labute approximate surface area is 512 Å². The maximum absolute atomic E-state index is 15.4. The van der Waals surface area contributed by atoms with Gasteiger partial charge in [-0.15, -0.1) is 0 Å². The zero-order valence-corrected chi connectivity index (χ0v) is 50.9. The standard InChI is InChI=1S/C74H88N4O9/c1-5-9-61-54-30-47(27-46-24-25-76-71(32-46)78-56-21-18-48-14-17-53(72(84)66(48)37-56)34-59(80)42-75-40-44(3)55-33-57(77-41-55)38-68(61)82)29-51-19-22-63(64-39-69(83)70(87-4)36-52(64)20-23-67(81)74(86)73(85)65(51)35-54)62-13-7-6-12-60(62)50-16-15-49(43(2)26-50)28-45-10-8-11-58(79)31-45/h6-8,10-14,17-18,21,24,31-33,36-37,39,41,43-44,47,49-51,54,59,61,63,65,68,74-80,82-84,86H,5,9,15-16,20,23,25-30,34-35,38,40,42H2,1-4H3. The van der Waals surface area contributed by atoms with Gasteiger partial charge in [-0.2, -0.15) is 0 Å². The molecule has 9 bridgehead atoms. The predicted molar refractivity (Wildman–Crippen MR) is 342 cm³/mol. The number of aromatic hydroxyl groups is 3. The topological polar surface area (TPSA) is 217 Å². The number of ether oxygens (including phenoxy) is 1. The number of hydrogen-bond acceptors (Lipinski definition) is 12. The van der Waals surface area contributed by atoms with Gasteiger partial charge in [0.15, 0.2) is 29.2 Å². The molecule has 10 N–H and O–H groups in total. The highest BCUT2D eigenvalue weighted by Crippen LogP contribution is 2.48. The van der Waals surface area contributed by atoms with Crippen LogP contribution >= 0.6 is 0 Å². The van der Waals surface area contributed by atoms with Gasteiger partial charge in [-0.1, -0.05) is 99.7 Å². The summed E-state index contributed by atoms with van der Waals surface area (Å²) in [6, 6.07) is 31.5. The van der Waals surface area contributed by atoms with E-state index in [2.05, 4.69) is 102 Å². The van der Waals surface area contributed by atoms with Crippen LogP contribution in [0.4, 0.5) is 5.69 Å². The largest absolute Gasteiger partial charge is 0.508 e. The van der Waals surface area contributed by atoms with E-state index < -0.39 is 47.6 Å². The van der Waals surface area contributed by atoms with Crippen LogP contribution in [0.5, 0.6) is 23.0 Å². The zero-order chi connectivity index (χ0) is 60.9. The molecule has 3 aliphatic carbocycles. The summed E-state index contributed by atoms with van der Waals surface area (Å²) in [5.41, 5.74) is 9.36. The van der Waals surface area contributed by atoms with E-state index in [1.807, 2.05) is 48.7 Å². The van der Waals surface area contributed by atoms with Gasteiger partial charge >= 0.3 is 0 Å². The highest BCUT2D eigenvalue weighted by Gasteiger charge is 2.44. The molecule has 6 aromatic rings. The first-order valence-electron chi connectivity index (χ1n) is 32.0. The fourth-order valence-electron chi connectivity index (χ4n) is 15.5. The molecule has 13 nitrogen and oxygen atoms in total. The van der Waals surface area contributed by atoms with E-state index in [0.29, 0.717) is 80.9 Å². The molecule has 458 valence electrons. The Morgan fingerprint density at radius 3 is 2.40 bits per heavy atom. The summed E-state index contributed by atoms with van der Waals surface area (Å²) in [4.78, 5) is 33.3. The van der Waals surface area contributed by atoms with Crippen molar-refractivity contribution in [2.45, 2.75) is 147 Å². The normalized spacial score (nSPS) is 28.5. The van der Waals surface area contributed by atoms with E-state index in [0.717, 1.165) is 88.1 Å². The molecule has 11 rings (SSSR count). The molecular formula is C74H88N4O9. The Morgan fingerprint density at radius 2 is 1.60 bits per heavy atom. The zero-order valence-electron chi connectivity index (χ0n) is 50.9. The van der Waals surface area contributed by atoms with Crippen LogP contribution < -0.4 is 20.7 Å². The third kappa shape index (κ3) is 14.2. The van der Waals surface area contributed by atoms with Crippen molar-refractivity contribution in [3.05, 3.63) is 171 Å². The third-order valence-electron chi connectivity index (χ3n) is 20.2. The van der Waals surface area contributed by atoms with Gasteiger partial charge in [0.05, 0.1) is 25.2 Å². The van der Waals surface area contributed by atoms with Crippen molar-refractivity contribution in [3.63, 3.8) is 0 Å². The number of ketones is 2. The van der Waals surface area contributed by atoms with Crippen LogP contribution in [0.25, 0.3) is 10.8 Å². The monoisotopic (exact) mass is 1180 g/mol. The summed E-state index contributed by atoms with van der Waals surface area (Å²) in [5.74, 6) is 6.71. The van der Waals surface area contributed by atoms with Crippen molar-refractivity contribution < 1.29 is 45.0 Å². The van der Waals surface area contributed by atoms with Gasteiger partial charge in [0.2, 0.25) is 0 Å². The number of aliphatic hydroxyl groups is 3. The third-order valence-corrected chi connectivity index (χ3v) is 20.2. The van der Waals surface area contributed by atoms with E-state index in [4.69, 9.17) is 4.74 Å². The van der Waals surface area contributed by atoms with Crippen molar-refractivity contribution in [3.8, 4) is 34.8 Å². The number of H-pyrrole nitrogens is 1. The van der Waals surface area contributed by atoms with Crippen molar-refractivity contribution in [2.24, 2.45) is 41.4 Å². The SMILES string of the molecule is CCCC1C(O)Cc2cc(c[nH]2)C(C)CNCC(O)Cc2ccc3ccc(cc3c2O)NC2=CC(=CCN2)CC2CC3C#CC(c4ccccc4C4CCC(Cc5cccc(O)c5)C(C)C4)c4cc(O)c(OC)cc4CCC(=O)C(O)C(=O)C3CC1C2. The molecule has 87 heavy (non-hydrogen) atoms. The van der Waals surface area contributed by atoms with Gasteiger partial charge in [-0.3, -0.25) is 9.59 Å². The second kappa shape index (κ2) is 27.4. The molecule has 0 amide bonds. The van der Waals surface area contributed by atoms with Crippen LogP contribution in [0.3, 0.4) is 0 Å². The fourth-order valence-corrected chi connectivity index (χ4v) is 15.5. The number of anilines is 1. The lowest BCUT2D eigenvalue weighted by Crippen LogP contribution is -2.40. The van der Waals surface area contributed by atoms with E-state index >= 15 is 4.79 Å². The summed E-state index contributed by atoms with van der Waals surface area (Å²) in [6.45, 7) is 8.10. The number of methoxy groups -OCH3 is 1. The van der Waals surface area contributed by atoms with Crippen LogP contribution in [-0.2, 0) is 35.3 Å². The van der Waals surface area contributed by atoms with Crippen LogP contribution in [0.1, 0.15) is 147 Å². The van der Waals surface area contributed by atoms with Crippen LogP contribution in [-0.4, -0.2) is 92.2 Å². The number of phenols is 3. The maximum Gasteiger partial charge on any atom is 0.173 e. The van der Waals surface area contributed by atoms with Gasteiger partial charge in [-0.05, 0) is 204 Å². The average Bonchev–Trinajstić information content (AvgIpc) is 3.26. The minimum absolute atomic E-state index is 0.0320. The summed E-state index contributed by atoms with van der Waals surface area (Å²) in [6.07, 6.45) is 11.2. The quantitative estimate of drug-likeness (QED) is 0.0534. The molecular weight excluding hydrogens is 1090 g/mol. The number of allylic oxidation sites excluding steroid dienone is 2. The predicted octanol–water partition coefficient (Wildman–Crippen LogP) is 11.8. The second-order valence-electron chi connectivity index (χ2n) is 26.2. The van der Waals surface area contributed by atoms with Gasteiger partial charge in [0.25, 0.3) is 0 Å². The number of β-amino-alcohol motifs (C(OH)–C–C–N with tert-alkyl or cyclic N) is 1. The molecule has 5 aromatic carbocycles. The number of hydrogen-bond donors (Lipinski definition) is 10. The average molecular weight is 1180 g/mol. The summed E-state index contributed by atoms with van der Waals surface area (Å²) in [7, 11) is 1.50. The smallest absolute Gasteiger partial charge is 0.173 e. The second-order valence-corrected chi connectivity index (χ2v) is 26.2. The van der Waals surface area contributed by atoms with E-state index in [9.17, 15) is 35.4 Å². The number of aromatic nitrogens is 1. The molecule has 3 heterocycles. The minimum atomic E-state index is -1.87. The number of benzene rings is 5. The van der Waals surface area contributed by atoms with Crippen molar-refractivity contribution in [1.82, 2.24) is 15.6 Å². The summed E-state index contributed by atoms with van der Waals surface area (Å²) in [5, 5.41) is 81.6. The molecule has 13 atom stereocenters. The number of aliphatic hydroxyl groups excluding tert-OH is 3. The first-order valence-corrected chi connectivity index (χ1v) is 32.0. The first kappa shape index (κ1) is 61.3. The van der Waals surface area contributed by atoms with Crippen molar-refractivity contribution >= 4 is 28.0 Å². The Morgan fingerprint density at radius 1 is 0.770 bits per heavy atom. The van der Waals surface area contributed by atoms with Crippen LogP contribution in [0, 0.1) is 53.3 Å². The molecule has 0 saturated heterocycles. The van der Waals surface area contributed by atoms with Gasteiger partial charge in [-0.25, -0.2) is 0 Å². The molecule has 2 aliphatic heterocycles. The lowest BCUT2D eigenvalue weighted by molar-refractivity contribution is -0.142. The molecule has 0 spiro atoms. The number of carbonyl (C=O) groups is 2. The summed E-state index contributed by atoms with van der Waals surface area (Å²) < 4.78 is 5.68. The lowest BCUT2D eigenvalue weighted by Gasteiger charge is -2.36. The Balaban J connectivity index is 0.999. The number of dihydropyridines is 1. The highest BCUT2D eigenvalue weighted by atomic mass is 16.5. The minimum Gasteiger partial charge on any atom is -0.508 e. The number of nitrogens with one attached hydrogen (secondary N) is 4. The maximum atomic E-state index is 15.4. The number of fused-ring (bicyclic) bond motifs is 9. The molecule has 2 fully saturated rings. The van der Waals surface area contributed by atoms with E-state index in [1.165, 1.54) is 12.7 Å². The number of aromatic amines is 1. The molecule has 5 aliphatic rings. The number of carbonyl (C=O) groups excluding carboxylic acids is 2. The van der Waals surface area contributed by atoms with E-state index in [-0.39, 0.29) is 71.9 Å². The lowest BCUT2D eigenvalue weighted by atomic mass is 9.69. The first-order chi connectivity index (χ1) is 42.1. The van der Waals surface area contributed by atoms with Crippen LogP contribution in [0.2, 0.25) is 0 Å². The molecule has 13 unspecified atom stereocenters.